The van der Waals surface area contributed by atoms with Gasteiger partial charge < -0.3 is 24.5 Å². The molecule has 1 aliphatic heterocycles. The lowest BCUT2D eigenvalue weighted by Gasteiger charge is -2.64. The van der Waals surface area contributed by atoms with E-state index in [0.29, 0.717) is 17.4 Å². The number of carbonyl (C=O) groups is 3. The summed E-state index contributed by atoms with van der Waals surface area (Å²) in [6, 6.07) is 4.88. The first-order valence-electron chi connectivity index (χ1n) is 11.7. The van der Waals surface area contributed by atoms with E-state index in [9.17, 15) is 19.5 Å². The second-order valence-electron chi connectivity index (χ2n) is 10.4. The summed E-state index contributed by atoms with van der Waals surface area (Å²) >= 11 is 0. The van der Waals surface area contributed by atoms with Gasteiger partial charge in [0, 0.05) is 6.08 Å². The second-order valence-corrected chi connectivity index (χ2v) is 10.4. The number of carbonyl (C=O) groups excluding carboxylic acids is 2. The van der Waals surface area contributed by atoms with Crippen LogP contribution >= 0.6 is 0 Å². The minimum absolute atomic E-state index is 0.0398. The molecule has 9 heteroatoms. The number of ether oxygens (including phenoxy) is 1. The van der Waals surface area contributed by atoms with E-state index in [2.05, 4.69) is 26.1 Å². The van der Waals surface area contributed by atoms with Crippen LogP contribution in [0.4, 0.5) is 0 Å². The van der Waals surface area contributed by atoms with Crippen LogP contribution in [0.15, 0.2) is 30.4 Å². The van der Waals surface area contributed by atoms with Crippen LogP contribution in [0, 0.1) is 17.3 Å². The van der Waals surface area contributed by atoms with Crippen LogP contribution in [0.1, 0.15) is 56.5 Å². The van der Waals surface area contributed by atoms with Gasteiger partial charge in [0.05, 0.1) is 24.8 Å². The number of carboxylic acids is 1. The van der Waals surface area contributed by atoms with Gasteiger partial charge in [0.15, 0.2) is 5.78 Å². The van der Waals surface area contributed by atoms with Crippen LogP contribution in [0.25, 0.3) is 0 Å². The zero-order chi connectivity index (χ0) is 24.8. The van der Waals surface area contributed by atoms with E-state index in [1.807, 2.05) is 0 Å². The highest BCUT2D eigenvalue weighted by Gasteiger charge is 2.68. The Hall–Kier alpha value is -2.65. The molecule has 182 valence electrons. The molecular formula is C25H32BNO7. The van der Waals surface area contributed by atoms with E-state index in [1.165, 1.54) is 32.3 Å². The lowest BCUT2D eigenvalue weighted by atomic mass is 9.43. The summed E-state index contributed by atoms with van der Waals surface area (Å²) < 4.78 is 18.4. The fraction of sp³-hybridized carbons (Fsp3) is 0.560. The Morgan fingerprint density at radius 3 is 2.62 bits per heavy atom. The number of carboxylic acid groups (broad SMARTS) is 1. The Morgan fingerprint density at radius 1 is 1.26 bits per heavy atom. The maximum absolute atomic E-state index is 12.6. The molecule has 1 heterocycles. The highest BCUT2D eigenvalue weighted by molar-refractivity contribution is 6.48. The largest absolute Gasteiger partial charge is 0.496 e. The minimum Gasteiger partial charge on any atom is -0.496 e. The van der Waals surface area contributed by atoms with Gasteiger partial charge >= 0.3 is 13.1 Å². The number of amides is 1. The van der Waals surface area contributed by atoms with E-state index >= 15 is 0 Å². The summed E-state index contributed by atoms with van der Waals surface area (Å²) in [6.45, 7) is 8.02. The minimum atomic E-state index is -1.10. The number of nitrogens with one attached hydrogen (secondary N) is 1. The smallest absolute Gasteiger partial charge is 0.482 e. The van der Waals surface area contributed by atoms with Crippen molar-refractivity contribution in [2.45, 2.75) is 64.6 Å². The Morgan fingerprint density at radius 2 is 2.00 bits per heavy atom. The molecular weight excluding hydrogens is 437 g/mol. The van der Waals surface area contributed by atoms with Crippen molar-refractivity contribution in [2.24, 2.45) is 17.3 Å². The third-order valence-electron chi connectivity index (χ3n) is 8.07. The number of para-hydroxylation sites is 1. The quantitative estimate of drug-likeness (QED) is 0.445. The summed E-state index contributed by atoms with van der Waals surface area (Å²) in [7, 11) is 0.695. The van der Waals surface area contributed by atoms with Crippen molar-refractivity contribution < 1.29 is 33.5 Å². The molecule has 1 aromatic rings. The molecule has 5 unspecified atom stereocenters. The number of hydrogen-bond acceptors (Lipinski definition) is 6. The van der Waals surface area contributed by atoms with Gasteiger partial charge in [-0.2, -0.15) is 0 Å². The molecule has 8 nitrogen and oxygen atoms in total. The zero-order valence-corrected chi connectivity index (χ0v) is 20.3. The fourth-order valence-electron chi connectivity index (χ4n) is 6.10. The highest BCUT2D eigenvalue weighted by Crippen LogP contribution is 2.65. The molecule has 1 saturated heterocycles. The number of methoxy groups -OCH3 is 1. The normalized spacial score (nSPS) is 29.8. The average molecular weight is 469 g/mol. The maximum atomic E-state index is 12.6. The van der Waals surface area contributed by atoms with Gasteiger partial charge in [-0.15, -0.1) is 0 Å². The van der Waals surface area contributed by atoms with E-state index in [-0.39, 0.29) is 35.0 Å². The second kappa shape index (κ2) is 8.85. The third-order valence-corrected chi connectivity index (χ3v) is 8.07. The van der Waals surface area contributed by atoms with E-state index in [0.717, 1.165) is 12.8 Å². The van der Waals surface area contributed by atoms with Gasteiger partial charge in [-0.25, -0.2) is 4.79 Å². The molecule has 0 radical (unpaired) electrons. The van der Waals surface area contributed by atoms with Gasteiger partial charge in [-0.1, -0.05) is 26.0 Å². The Bertz CT molecular complexity index is 1040. The van der Waals surface area contributed by atoms with Gasteiger partial charge in [0.25, 0.3) is 0 Å². The summed E-state index contributed by atoms with van der Waals surface area (Å²) in [5.74, 6) is -1.24. The van der Waals surface area contributed by atoms with Gasteiger partial charge in [-0.05, 0) is 68.1 Å². The van der Waals surface area contributed by atoms with Crippen LogP contribution in [0.5, 0.6) is 5.75 Å². The monoisotopic (exact) mass is 469 g/mol. The number of benzene rings is 1. The van der Waals surface area contributed by atoms with Crippen LogP contribution in [-0.4, -0.2) is 54.6 Å². The molecule has 0 aromatic heterocycles. The SMILES string of the molecule is COc1c(CC(NC(=O)C=CC(C)=O)B2OC3CC4CC(C4(C)C)C3(C)O2)cccc1C(=O)O. The lowest BCUT2D eigenvalue weighted by molar-refractivity contribution is -0.199. The van der Waals surface area contributed by atoms with Crippen molar-refractivity contribution in [1.82, 2.24) is 5.32 Å². The average Bonchev–Trinajstić information content (AvgIpc) is 3.14. The number of aromatic carboxylic acids is 1. The van der Waals surface area contributed by atoms with Crippen molar-refractivity contribution in [3.05, 3.63) is 41.5 Å². The Kier molecular flexibility index (Phi) is 6.37. The summed E-state index contributed by atoms with van der Waals surface area (Å²) in [5, 5.41) is 12.5. The first kappa shape index (κ1) is 24.5. The first-order chi connectivity index (χ1) is 16.0. The van der Waals surface area contributed by atoms with Crippen molar-refractivity contribution in [3.8, 4) is 5.75 Å². The molecule has 4 aliphatic rings. The summed E-state index contributed by atoms with van der Waals surface area (Å²) in [6.07, 6.45) is 4.54. The first-order valence-corrected chi connectivity index (χ1v) is 11.7. The number of allylic oxidation sites excluding steroid dienone is 1. The van der Waals surface area contributed by atoms with Crippen molar-refractivity contribution >= 4 is 24.8 Å². The molecule has 4 fully saturated rings. The fourth-order valence-corrected chi connectivity index (χ4v) is 6.10. The Labute approximate surface area is 200 Å². The molecule has 34 heavy (non-hydrogen) atoms. The third kappa shape index (κ3) is 4.16. The number of hydrogen-bond donors (Lipinski definition) is 2. The maximum Gasteiger partial charge on any atom is 0.482 e. The molecule has 3 aliphatic carbocycles. The zero-order valence-electron chi connectivity index (χ0n) is 20.3. The van der Waals surface area contributed by atoms with Crippen LogP contribution in [-0.2, 0) is 25.3 Å². The summed E-state index contributed by atoms with van der Waals surface area (Å²) in [5.41, 5.74) is 0.359. The molecule has 5 rings (SSSR count). The molecule has 0 spiro atoms. The van der Waals surface area contributed by atoms with Crippen LogP contribution in [0.3, 0.4) is 0 Å². The van der Waals surface area contributed by atoms with E-state index in [1.54, 1.807) is 12.1 Å². The van der Waals surface area contributed by atoms with Crippen molar-refractivity contribution in [3.63, 3.8) is 0 Å². The van der Waals surface area contributed by atoms with Crippen molar-refractivity contribution in [2.75, 3.05) is 7.11 Å². The van der Waals surface area contributed by atoms with Crippen LogP contribution < -0.4 is 10.1 Å². The predicted molar refractivity (Wildman–Crippen MR) is 126 cm³/mol. The number of rotatable bonds is 8. The molecule has 2 bridgehead atoms. The summed E-state index contributed by atoms with van der Waals surface area (Å²) in [4.78, 5) is 35.6. The highest BCUT2D eigenvalue weighted by atomic mass is 16.7. The number of ketones is 1. The van der Waals surface area contributed by atoms with E-state index in [4.69, 9.17) is 14.0 Å². The topological polar surface area (TPSA) is 111 Å². The van der Waals surface area contributed by atoms with Crippen LogP contribution in [0.2, 0.25) is 0 Å². The molecule has 1 aromatic carbocycles. The Balaban J connectivity index is 1.62. The predicted octanol–water partition coefficient (Wildman–Crippen LogP) is 2.83. The van der Waals surface area contributed by atoms with Gasteiger partial charge in [0.1, 0.15) is 11.3 Å². The molecule has 1 amide bonds. The molecule has 3 saturated carbocycles. The van der Waals surface area contributed by atoms with Gasteiger partial charge in [0.2, 0.25) is 5.91 Å². The van der Waals surface area contributed by atoms with Gasteiger partial charge in [-0.3, -0.25) is 9.59 Å². The lowest BCUT2D eigenvalue weighted by Crippen LogP contribution is -2.65. The van der Waals surface area contributed by atoms with Crippen molar-refractivity contribution in [1.29, 1.82) is 0 Å². The molecule has 2 N–H and O–H groups in total. The molecule has 5 atom stereocenters. The van der Waals surface area contributed by atoms with E-state index < -0.39 is 30.5 Å². The standard InChI is InChI=1S/C25H32BNO7/c1-14(28)9-10-21(29)27-20(11-15-7-6-8-17(23(30)31)22(15)32-5)26-33-19-13-16-12-18(24(16,2)3)25(19,4)34-26/h6-10,16,18-20H,11-13H2,1-5H3,(H,27,29)(H,30,31).